The Morgan fingerprint density at radius 1 is 1.29 bits per heavy atom. The van der Waals surface area contributed by atoms with Gasteiger partial charge < -0.3 is 10.2 Å². The summed E-state index contributed by atoms with van der Waals surface area (Å²) in [5.74, 6) is -0.443. The molecule has 0 spiro atoms. The highest BCUT2D eigenvalue weighted by molar-refractivity contribution is 7.80. The molecule has 0 saturated carbocycles. The molecule has 0 radical (unpaired) electrons. The lowest BCUT2D eigenvalue weighted by Gasteiger charge is -2.22. The number of nitrogens with zero attached hydrogens (tertiary/aromatic N) is 1. The summed E-state index contributed by atoms with van der Waals surface area (Å²) in [6.45, 7) is 2.77. The van der Waals surface area contributed by atoms with Gasteiger partial charge in [-0.25, -0.2) is 4.39 Å². The summed E-state index contributed by atoms with van der Waals surface area (Å²) >= 11 is 11.1. The van der Waals surface area contributed by atoms with Crippen LogP contribution in [-0.2, 0) is 6.54 Å². The predicted molar refractivity (Wildman–Crippen MR) is 90.3 cm³/mol. The number of hydrogen-bond acceptors (Lipinski definition) is 1. The van der Waals surface area contributed by atoms with E-state index in [2.05, 4.69) is 24.4 Å². The lowest BCUT2D eigenvalue weighted by atomic mass is 10.1. The molecule has 0 unspecified atom stereocenters. The summed E-state index contributed by atoms with van der Waals surface area (Å²) < 4.78 is 13.1. The maximum absolute atomic E-state index is 13.1. The second-order valence-corrected chi connectivity index (χ2v) is 5.64. The second kappa shape index (κ2) is 6.87. The Balaban J connectivity index is 2.02. The van der Waals surface area contributed by atoms with Gasteiger partial charge in [-0.3, -0.25) is 0 Å². The van der Waals surface area contributed by atoms with E-state index in [1.807, 2.05) is 24.1 Å². The summed E-state index contributed by atoms with van der Waals surface area (Å²) in [5, 5.41) is 3.69. The van der Waals surface area contributed by atoms with Crippen LogP contribution in [-0.4, -0.2) is 17.1 Å². The van der Waals surface area contributed by atoms with E-state index >= 15 is 0 Å². The van der Waals surface area contributed by atoms with Crippen molar-refractivity contribution < 1.29 is 4.39 Å². The number of rotatable bonds is 3. The molecule has 21 heavy (non-hydrogen) atoms. The van der Waals surface area contributed by atoms with Crippen molar-refractivity contribution in [3.8, 4) is 0 Å². The third-order valence-corrected chi connectivity index (χ3v) is 3.89. The van der Waals surface area contributed by atoms with Gasteiger partial charge >= 0.3 is 0 Å². The highest BCUT2D eigenvalue weighted by Gasteiger charge is 2.08. The minimum absolute atomic E-state index is 0.0735. The van der Waals surface area contributed by atoms with Gasteiger partial charge in [0.15, 0.2) is 5.11 Å². The molecule has 0 aliphatic carbocycles. The van der Waals surface area contributed by atoms with Crippen molar-refractivity contribution in [2.75, 3.05) is 12.4 Å². The van der Waals surface area contributed by atoms with Gasteiger partial charge in [0.1, 0.15) is 5.82 Å². The van der Waals surface area contributed by atoms with Crippen LogP contribution in [0.2, 0.25) is 5.02 Å². The molecule has 5 heteroatoms. The molecule has 0 aliphatic heterocycles. The van der Waals surface area contributed by atoms with E-state index in [1.165, 1.54) is 23.3 Å². The zero-order chi connectivity index (χ0) is 15.4. The van der Waals surface area contributed by atoms with E-state index in [-0.39, 0.29) is 5.02 Å². The molecule has 0 atom stereocenters. The molecule has 0 aromatic heterocycles. The van der Waals surface area contributed by atoms with Crippen LogP contribution in [0.1, 0.15) is 11.1 Å². The van der Waals surface area contributed by atoms with E-state index in [9.17, 15) is 4.39 Å². The lowest BCUT2D eigenvalue weighted by Crippen LogP contribution is -2.30. The van der Waals surface area contributed by atoms with Crippen molar-refractivity contribution in [2.45, 2.75) is 13.5 Å². The molecule has 0 aliphatic rings. The normalized spacial score (nSPS) is 10.3. The summed E-state index contributed by atoms with van der Waals surface area (Å²) in [7, 11) is 1.91. The molecule has 0 bridgehead atoms. The number of hydrogen-bond donors (Lipinski definition) is 1. The van der Waals surface area contributed by atoms with Gasteiger partial charge in [0.05, 0.1) is 5.02 Å². The highest BCUT2D eigenvalue weighted by Crippen LogP contribution is 2.20. The smallest absolute Gasteiger partial charge is 0.173 e. The largest absolute Gasteiger partial charge is 0.348 e. The first kappa shape index (κ1) is 15.7. The third-order valence-electron chi connectivity index (χ3n) is 3.19. The second-order valence-electron chi connectivity index (χ2n) is 4.84. The van der Waals surface area contributed by atoms with Gasteiger partial charge in [0.25, 0.3) is 0 Å². The standard InChI is InChI=1S/C16H16ClFN2S/c1-11-5-3-4-6-12(11)10-20(2)16(21)19-13-7-8-15(18)14(17)9-13/h3-9H,10H2,1-2H3,(H,19,21). The minimum atomic E-state index is -0.443. The van der Waals surface area contributed by atoms with Crippen LogP contribution in [0.25, 0.3) is 0 Å². The molecule has 2 rings (SSSR count). The predicted octanol–water partition coefficient (Wildman–Crippen LogP) is 4.62. The molecule has 2 aromatic carbocycles. The van der Waals surface area contributed by atoms with Gasteiger partial charge in [0, 0.05) is 19.3 Å². The maximum atomic E-state index is 13.1. The maximum Gasteiger partial charge on any atom is 0.173 e. The molecule has 2 nitrogen and oxygen atoms in total. The molecule has 110 valence electrons. The fraction of sp³-hybridized carbons (Fsp3) is 0.188. The Bertz CT molecular complexity index is 660. The van der Waals surface area contributed by atoms with E-state index in [4.69, 9.17) is 23.8 Å². The summed E-state index contributed by atoms with van der Waals surface area (Å²) in [6, 6.07) is 12.6. The molecular weight excluding hydrogens is 307 g/mol. The van der Waals surface area contributed by atoms with E-state index in [1.54, 1.807) is 6.07 Å². The summed E-state index contributed by atoms with van der Waals surface area (Å²) in [5.41, 5.74) is 3.10. The van der Waals surface area contributed by atoms with E-state index < -0.39 is 5.82 Å². The van der Waals surface area contributed by atoms with Gasteiger partial charge in [-0.05, 0) is 48.5 Å². The van der Waals surface area contributed by atoms with Crippen molar-refractivity contribution in [3.05, 3.63) is 64.4 Å². The van der Waals surface area contributed by atoms with Crippen LogP contribution in [0.5, 0.6) is 0 Å². The van der Waals surface area contributed by atoms with Crippen molar-refractivity contribution in [1.82, 2.24) is 4.90 Å². The van der Waals surface area contributed by atoms with Gasteiger partial charge in [0.2, 0.25) is 0 Å². The topological polar surface area (TPSA) is 15.3 Å². The fourth-order valence-corrected chi connectivity index (χ4v) is 2.27. The Labute approximate surface area is 134 Å². The lowest BCUT2D eigenvalue weighted by molar-refractivity contribution is 0.507. The number of benzene rings is 2. The van der Waals surface area contributed by atoms with E-state index in [0.717, 1.165) is 0 Å². The van der Waals surface area contributed by atoms with Crippen LogP contribution in [0.15, 0.2) is 42.5 Å². The van der Waals surface area contributed by atoms with Crippen molar-refractivity contribution in [3.63, 3.8) is 0 Å². The van der Waals surface area contributed by atoms with Crippen LogP contribution in [0, 0.1) is 12.7 Å². The number of halogens is 2. The highest BCUT2D eigenvalue weighted by atomic mass is 35.5. The Hall–Kier alpha value is -1.65. The van der Waals surface area contributed by atoms with Crippen LogP contribution in [0.4, 0.5) is 10.1 Å². The van der Waals surface area contributed by atoms with Crippen molar-refractivity contribution in [1.29, 1.82) is 0 Å². The first-order valence-corrected chi connectivity index (χ1v) is 7.27. The molecule has 0 fully saturated rings. The molecular formula is C16H16ClFN2S. The van der Waals surface area contributed by atoms with Crippen LogP contribution < -0.4 is 5.32 Å². The zero-order valence-corrected chi connectivity index (χ0v) is 13.4. The van der Waals surface area contributed by atoms with Gasteiger partial charge in [-0.2, -0.15) is 0 Å². The minimum Gasteiger partial charge on any atom is -0.348 e. The molecule has 2 aromatic rings. The number of nitrogens with one attached hydrogen (secondary N) is 1. The third kappa shape index (κ3) is 4.16. The Morgan fingerprint density at radius 3 is 2.67 bits per heavy atom. The number of aryl methyl sites for hydroxylation is 1. The number of anilines is 1. The molecule has 0 amide bonds. The van der Waals surface area contributed by atoms with Gasteiger partial charge in [-0.15, -0.1) is 0 Å². The monoisotopic (exact) mass is 322 g/mol. The first-order valence-electron chi connectivity index (χ1n) is 6.49. The Kier molecular flexibility index (Phi) is 5.15. The van der Waals surface area contributed by atoms with Crippen molar-refractivity contribution in [2.24, 2.45) is 0 Å². The zero-order valence-electron chi connectivity index (χ0n) is 11.9. The number of thiocarbonyl (C=S) groups is 1. The first-order chi connectivity index (χ1) is 9.97. The fourth-order valence-electron chi connectivity index (χ4n) is 1.91. The van der Waals surface area contributed by atoms with Crippen molar-refractivity contribution >= 4 is 34.6 Å². The van der Waals surface area contributed by atoms with Gasteiger partial charge in [-0.1, -0.05) is 35.9 Å². The average molecular weight is 323 g/mol. The van der Waals surface area contributed by atoms with E-state index in [0.29, 0.717) is 17.3 Å². The molecule has 0 saturated heterocycles. The van der Waals surface area contributed by atoms with Crippen LogP contribution >= 0.6 is 23.8 Å². The summed E-state index contributed by atoms with van der Waals surface area (Å²) in [4.78, 5) is 1.93. The Morgan fingerprint density at radius 2 is 2.00 bits per heavy atom. The molecule has 1 N–H and O–H groups in total. The molecule has 0 heterocycles. The average Bonchev–Trinajstić information content (AvgIpc) is 2.45. The van der Waals surface area contributed by atoms with Crippen LogP contribution in [0.3, 0.4) is 0 Å². The SMILES string of the molecule is Cc1ccccc1CN(C)C(=S)Nc1ccc(F)c(Cl)c1. The summed E-state index contributed by atoms with van der Waals surface area (Å²) in [6.07, 6.45) is 0. The quantitative estimate of drug-likeness (QED) is 0.830.